The molecule has 0 saturated carbocycles. The van der Waals surface area contributed by atoms with Gasteiger partial charge in [0.25, 0.3) is 0 Å². The number of hydrogen-bond acceptors (Lipinski definition) is 14. The molecule has 2 aliphatic rings. The minimum absolute atomic E-state index is 0.0428. The topological polar surface area (TPSA) is 214 Å². The van der Waals surface area contributed by atoms with Crippen molar-refractivity contribution in [2.45, 2.75) is 210 Å². The number of hydrogen-bond donors (Lipinski definition) is 7. The van der Waals surface area contributed by atoms with E-state index < -0.39 is 86.7 Å². The fraction of sp³-hybridized carbons (Fsp3) is 0.776. The highest BCUT2D eigenvalue weighted by Crippen LogP contribution is 2.26. The van der Waals surface area contributed by atoms with Crippen LogP contribution in [0.5, 0.6) is 0 Å². The van der Waals surface area contributed by atoms with Crippen LogP contribution in [0.2, 0.25) is 0 Å². The average molecular weight is 897 g/mol. The highest BCUT2D eigenvalue weighted by atomic mass is 16.7. The fourth-order valence-electron chi connectivity index (χ4n) is 7.13. The number of aliphatic hydroxyl groups is 7. The molecular formula is C49H84O14. The van der Waals surface area contributed by atoms with Crippen LogP contribution in [0.3, 0.4) is 0 Å². The Labute approximate surface area is 377 Å². The van der Waals surface area contributed by atoms with Crippen LogP contribution in [-0.4, -0.2) is 142 Å². The summed E-state index contributed by atoms with van der Waals surface area (Å²) in [5, 5.41) is 71.9. The monoisotopic (exact) mass is 897 g/mol. The third kappa shape index (κ3) is 25.3. The molecule has 0 aromatic carbocycles. The molecule has 0 aliphatic carbocycles. The van der Waals surface area contributed by atoms with Gasteiger partial charge in [-0.15, -0.1) is 0 Å². The Morgan fingerprint density at radius 1 is 0.540 bits per heavy atom. The Kier molecular flexibility index (Phi) is 33.2. The number of esters is 1. The van der Waals surface area contributed by atoms with E-state index in [0.717, 1.165) is 83.5 Å². The van der Waals surface area contributed by atoms with Crippen molar-refractivity contribution in [3.8, 4) is 0 Å². The zero-order valence-electron chi connectivity index (χ0n) is 38.3. The number of aliphatic hydroxyl groups excluding tert-OH is 7. The molecule has 14 heteroatoms. The van der Waals surface area contributed by atoms with Gasteiger partial charge in [-0.3, -0.25) is 4.79 Å². The number of unbranched alkanes of at least 4 members (excludes halogenated alkanes) is 12. The summed E-state index contributed by atoms with van der Waals surface area (Å²) in [6.45, 7) is 3.46. The highest BCUT2D eigenvalue weighted by Gasteiger charge is 2.47. The van der Waals surface area contributed by atoms with Gasteiger partial charge >= 0.3 is 5.97 Å². The van der Waals surface area contributed by atoms with Crippen molar-refractivity contribution in [3.05, 3.63) is 60.8 Å². The second kappa shape index (κ2) is 36.9. The van der Waals surface area contributed by atoms with Gasteiger partial charge in [-0.25, -0.2) is 0 Å². The maximum absolute atomic E-state index is 12.9. The van der Waals surface area contributed by atoms with Crippen LogP contribution in [0.4, 0.5) is 0 Å². The summed E-state index contributed by atoms with van der Waals surface area (Å²) >= 11 is 0. The van der Waals surface area contributed by atoms with Gasteiger partial charge in [-0.1, -0.05) is 139 Å². The van der Waals surface area contributed by atoms with Gasteiger partial charge in [0.05, 0.1) is 26.4 Å². The molecule has 7 N–H and O–H groups in total. The summed E-state index contributed by atoms with van der Waals surface area (Å²) in [5.41, 5.74) is 0. The minimum atomic E-state index is -1.71. The molecule has 2 saturated heterocycles. The lowest BCUT2D eigenvalue weighted by molar-refractivity contribution is -0.332. The molecule has 63 heavy (non-hydrogen) atoms. The molecule has 11 unspecified atom stereocenters. The maximum atomic E-state index is 12.9. The summed E-state index contributed by atoms with van der Waals surface area (Å²) in [7, 11) is 0. The lowest BCUT2D eigenvalue weighted by atomic mass is 9.98. The van der Waals surface area contributed by atoms with E-state index in [-0.39, 0.29) is 19.6 Å². The van der Waals surface area contributed by atoms with Gasteiger partial charge in [-0.05, 0) is 57.8 Å². The number of carbonyl (C=O) groups excluding carboxylic acids is 1. The molecule has 2 heterocycles. The summed E-state index contributed by atoms with van der Waals surface area (Å²) in [6, 6.07) is 0. The molecule has 364 valence electrons. The number of ether oxygens (including phenoxy) is 6. The second-order valence-corrected chi connectivity index (χ2v) is 16.6. The van der Waals surface area contributed by atoms with Crippen LogP contribution >= 0.6 is 0 Å². The third-order valence-corrected chi connectivity index (χ3v) is 11.0. The van der Waals surface area contributed by atoms with Gasteiger partial charge in [0.2, 0.25) is 0 Å². The molecule has 2 rings (SSSR count). The smallest absolute Gasteiger partial charge is 0.306 e. The summed E-state index contributed by atoms with van der Waals surface area (Å²) < 4.78 is 34.1. The van der Waals surface area contributed by atoms with Crippen LogP contribution in [-0.2, 0) is 33.2 Å². The van der Waals surface area contributed by atoms with E-state index in [1.54, 1.807) is 0 Å². The SMILES string of the molecule is CC/C=C\C/C=C\C/C=C\C/C=C\C/C=C\CCCCCCOCC(COC1OC(COC2OC(CO)C(O)C(O)C2O)C(O)C(O)C1O)OC(=O)CCCCCCCCCCC. The van der Waals surface area contributed by atoms with Crippen molar-refractivity contribution in [2.75, 3.05) is 33.0 Å². The van der Waals surface area contributed by atoms with E-state index in [1.807, 2.05) is 0 Å². The minimum Gasteiger partial charge on any atom is -0.457 e. The first-order valence-electron chi connectivity index (χ1n) is 23.9. The zero-order chi connectivity index (χ0) is 45.9. The molecule has 0 amide bonds. The summed E-state index contributed by atoms with van der Waals surface area (Å²) in [6.07, 6.45) is 25.9. The summed E-state index contributed by atoms with van der Waals surface area (Å²) in [5.74, 6) is -0.392. The number of rotatable bonds is 36. The van der Waals surface area contributed by atoms with Crippen LogP contribution in [0.15, 0.2) is 60.8 Å². The largest absolute Gasteiger partial charge is 0.457 e. The van der Waals surface area contributed by atoms with Crippen molar-refractivity contribution in [3.63, 3.8) is 0 Å². The Morgan fingerprint density at radius 2 is 1.03 bits per heavy atom. The predicted octanol–water partition coefficient (Wildman–Crippen LogP) is 6.18. The molecule has 0 aromatic rings. The first-order chi connectivity index (χ1) is 30.6. The van der Waals surface area contributed by atoms with Crippen LogP contribution in [0, 0.1) is 0 Å². The third-order valence-electron chi connectivity index (χ3n) is 11.0. The molecule has 0 bridgehead atoms. The van der Waals surface area contributed by atoms with Crippen LogP contribution < -0.4 is 0 Å². The Hall–Kier alpha value is -2.31. The first-order valence-corrected chi connectivity index (χ1v) is 23.9. The lowest BCUT2D eigenvalue weighted by Crippen LogP contribution is -2.61. The molecule has 14 nitrogen and oxygen atoms in total. The van der Waals surface area contributed by atoms with Crippen molar-refractivity contribution < 1.29 is 69.0 Å². The lowest BCUT2D eigenvalue weighted by Gasteiger charge is -2.42. The number of carbonyl (C=O) groups is 1. The summed E-state index contributed by atoms with van der Waals surface area (Å²) in [4.78, 5) is 12.9. The van der Waals surface area contributed by atoms with Gasteiger partial charge in [0.15, 0.2) is 12.6 Å². The Bertz CT molecular complexity index is 1270. The molecule has 0 radical (unpaired) electrons. The van der Waals surface area contributed by atoms with E-state index >= 15 is 0 Å². The van der Waals surface area contributed by atoms with Gasteiger partial charge in [0, 0.05) is 13.0 Å². The molecule has 2 aliphatic heterocycles. The van der Waals surface area contributed by atoms with Crippen molar-refractivity contribution >= 4 is 5.97 Å². The Balaban J connectivity index is 1.78. The normalized spacial score (nSPS) is 27.5. The van der Waals surface area contributed by atoms with Gasteiger partial charge in [-0.2, -0.15) is 0 Å². The highest BCUT2D eigenvalue weighted by molar-refractivity contribution is 5.69. The quantitative estimate of drug-likeness (QED) is 0.0213. The van der Waals surface area contributed by atoms with E-state index in [4.69, 9.17) is 28.4 Å². The fourth-order valence-corrected chi connectivity index (χ4v) is 7.13. The van der Waals surface area contributed by atoms with Crippen molar-refractivity contribution in [1.29, 1.82) is 0 Å². The average Bonchev–Trinajstić information content (AvgIpc) is 3.28. The van der Waals surface area contributed by atoms with E-state index in [1.165, 1.54) is 32.1 Å². The molecule has 11 atom stereocenters. The van der Waals surface area contributed by atoms with Crippen LogP contribution in [0.1, 0.15) is 142 Å². The standard InChI is InChI=1S/C49H84O14/c1-3-5-7-9-11-13-14-15-16-17-18-19-20-21-22-23-25-27-29-31-33-58-35-38(61-41(51)32-30-28-26-24-12-10-8-6-4-2)36-59-48-47(57)45(55)43(53)40(63-48)37-60-49-46(56)44(54)42(52)39(34-50)62-49/h5,7,11,13,15-16,18-19,21-22,38-40,42-50,52-57H,3-4,6,8-10,12,14,17,20,23-37H2,1-2H3/b7-5-,13-11-,16-15-,19-18-,22-21-. The molecular weight excluding hydrogens is 813 g/mol. The number of allylic oxidation sites excluding steroid dienone is 10. The Morgan fingerprint density at radius 3 is 1.62 bits per heavy atom. The second-order valence-electron chi connectivity index (χ2n) is 16.6. The molecule has 0 spiro atoms. The first kappa shape index (κ1) is 56.8. The predicted molar refractivity (Wildman–Crippen MR) is 242 cm³/mol. The van der Waals surface area contributed by atoms with Crippen molar-refractivity contribution in [1.82, 2.24) is 0 Å². The van der Waals surface area contributed by atoms with E-state index in [0.29, 0.717) is 13.0 Å². The van der Waals surface area contributed by atoms with Crippen molar-refractivity contribution in [2.24, 2.45) is 0 Å². The maximum Gasteiger partial charge on any atom is 0.306 e. The van der Waals surface area contributed by atoms with E-state index in [2.05, 4.69) is 74.6 Å². The molecule has 2 fully saturated rings. The molecule has 0 aromatic heterocycles. The van der Waals surface area contributed by atoms with Gasteiger partial charge < -0.3 is 64.2 Å². The zero-order valence-corrected chi connectivity index (χ0v) is 38.3. The van der Waals surface area contributed by atoms with E-state index in [9.17, 15) is 40.5 Å². The van der Waals surface area contributed by atoms with Crippen LogP contribution in [0.25, 0.3) is 0 Å². The van der Waals surface area contributed by atoms with Gasteiger partial charge in [0.1, 0.15) is 54.9 Å².